The van der Waals surface area contributed by atoms with Crippen LogP contribution in [0.2, 0.25) is 0 Å². The number of nitrogens with zero attached hydrogens (tertiary/aromatic N) is 3. The number of H-pyrrole nitrogens is 1. The maximum Gasteiger partial charge on any atom is 0.173 e. The smallest absolute Gasteiger partial charge is 0.173 e. The topological polar surface area (TPSA) is 130 Å². The lowest BCUT2D eigenvalue weighted by molar-refractivity contribution is 0.0217. The van der Waals surface area contributed by atoms with E-state index in [1.165, 1.54) is 6.33 Å². The van der Waals surface area contributed by atoms with Crippen molar-refractivity contribution in [3.8, 4) is 0 Å². The molecule has 0 unspecified atom stereocenters. The Hall–Kier alpha value is -2.26. The van der Waals surface area contributed by atoms with Crippen LogP contribution in [0.25, 0.3) is 11.0 Å². The average Bonchev–Trinajstić information content (AvgIpc) is 2.94. The molecule has 19 heavy (non-hydrogen) atoms. The summed E-state index contributed by atoms with van der Waals surface area (Å²) in [6, 6.07) is 0. The molecule has 0 spiro atoms. The lowest BCUT2D eigenvalue weighted by Gasteiger charge is -2.11. The Kier molecular flexibility index (Phi) is 2.57. The van der Waals surface area contributed by atoms with Crippen molar-refractivity contribution in [3.63, 3.8) is 0 Å². The first kappa shape index (κ1) is 11.8. The van der Waals surface area contributed by atoms with Gasteiger partial charge in [-0.2, -0.15) is 5.10 Å². The summed E-state index contributed by atoms with van der Waals surface area (Å²) in [7, 11) is 0. The maximum atomic E-state index is 12.5. The van der Waals surface area contributed by atoms with Crippen molar-refractivity contribution in [2.75, 3.05) is 5.73 Å². The van der Waals surface area contributed by atoms with Crippen LogP contribution in [0.4, 0.5) is 10.2 Å². The third-order valence-electron chi connectivity index (χ3n) is 2.97. The predicted molar refractivity (Wildman–Crippen MR) is 61.1 cm³/mol. The van der Waals surface area contributed by atoms with Crippen LogP contribution in [-0.2, 0) is 4.74 Å². The average molecular weight is 267 g/mol. The zero-order chi connectivity index (χ0) is 13.6. The number of aliphatic hydroxyl groups is 2. The van der Waals surface area contributed by atoms with Crippen molar-refractivity contribution in [2.45, 2.75) is 18.3 Å². The Morgan fingerprint density at radius 1 is 1.42 bits per heavy atom. The molecule has 0 aromatic carbocycles. The summed E-state index contributed by atoms with van der Waals surface area (Å²) in [5.74, 6) is -0.159. The highest BCUT2D eigenvalue weighted by Gasteiger charge is 2.43. The SMILES string of the molecule is Nc1ncnc2c([C@@H]3O/C(=C\F)[C@@H](O)[C@H]3O)n[nH]c12. The number of halogens is 1. The summed E-state index contributed by atoms with van der Waals surface area (Å²) in [6.45, 7) is 0. The first-order valence-electron chi connectivity index (χ1n) is 5.41. The zero-order valence-electron chi connectivity index (χ0n) is 9.49. The van der Waals surface area contributed by atoms with E-state index in [1.54, 1.807) is 0 Å². The highest BCUT2D eigenvalue weighted by molar-refractivity contribution is 5.85. The maximum absolute atomic E-state index is 12.5. The van der Waals surface area contributed by atoms with Crippen molar-refractivity contribution in [3.05, 3.63) is 24.1 Å². The molecule has 1 aliphatic rings. The van der Waals surface area contributed by atoms with Crippen LogP contribution in [0.1, 0.15) is 11.8 Å². The molecular weight excluding hydrogens is 257 g/mol. The van der Waals surface area contributed by atoms with Crippen molar-refractivity contribution < 1.29 is 19.3 Å². The number of hydrogen-bond acceptors (Lipinski definition) is 7. The lowest BCUT2D eigenvalue weighted by Crippen LogP contribution is -2.24. The number of hydrogen-bond donors (Lipinski definition) is 4. The van der Waals surface area contributed by atoms with Gasteiger partial charge in [-0.3, -0.25) is 5.10 Å². The molecule has 0 bridgehead atoms. The van der Waals surface area contributed by atoms with E-state index in [0.29, 0.717) is 11.0 Å². The minimum atomic E-state index is -1.44. The fraction of sp³-hybridized carbons (Fsp3) is 0.300. The molecule has 0 radical (unpaired) electrons. The van der Waals surface area contributed by atoms with Crippen molar-refractivity contribution in [1.82, 2.24) is 20.2 Å². The second-order valence-electron chi connectivity index (χ2n) is 4.08. The van der Waals surface area contributed by atoms with E-state index in [2.05, 4.69) is 20.2 Å². The van der Waals surface area contributed by atoms with Gasteiger partial charge in [0.15, 0.2) is 17.7 Å². The highest BCUT2D eigenvalue weighted by Crippen LogP contribution is 2.37. The molecular formula is C10H10FN5O3. The number of aromatic amines is 1. The summed E-state index contributed by atoms with van der Waals surface area (Å²) in [5, 5.41) is 26.0. The van der Waals surface area contributed by atoms with Crippen LogP contribution in [0.15, 0.2) is 18.4 Å². The molecule has 5 N–H and O–H groups in total. The Balaban J connectivity index is 2.09. The van der Waals surface area contributed by atoms with Crippen molar-refractivity contribution in [1.29, 1.82) is 0 Å². The molecule has 0 amide bonds. The van der Waals surface area contributed by atoms with E-state index < -0.39 is 18.3 Å². The van der Waals surface area contributed by atoms with E-state index in [4.69, 9.17) is 10.5 Å². The molecule has 100 valence electrons. The molecule has 1 saturated heterocycles. The summed E-state index contributed by atoms with van der Waals surface area (Å²) >= 11 is 0. The first-order chi connectivity index (χ1) is 9.13. The van der Waals surface area contributed by atoms with Crippen LogP contribution >= 0.6 is 0 Å². The van der Waals surface area contributed by atoms with E-state index in [0.717, 1.165) is 0 Å². The van der Waals surface area contributed by atoms with Gasteiger partial charge in [0, 0.05) is 0 Å². The second kappa shape index (κ2) is 4.14. The lowest BCUT2D eigenvalue weighted by atomic mass is 10.1. The summed E-state index contributed by atoms with van der Waals surface area (Å²) < 4.78 is 17.6. The molecule has 1 fully saturated rings. The van der Waals surface area contributed by atoms with E-state index in [-0.39, 0.29) is 23.6 Å². The first-order valence-corrected chi connectivity index (χ1v) is 5.41. The summed E-state index contributed by atoms with van der Waals surface area (Å²) in [6.07, 6.45) is -2.47. The molecule has 3 atom stereocenters. The fourth-order valence-electron chi connectivity index (χ4n) is 2.00. The Morgan fingerprint density at radius 2 is 2.21 bits per heavy atom. The third kappa shape index (κ3) is 1.63. The normalized spacial score (nSPS) is 29.0. The Labute approximate surface area is 105 Å². The number of nitrogens with one attached hydrogen (secondary N) is 1. The molecule has 8 nitrogen and oxygen atoms in total. The van der Waals surface area contributed by atoms with Crippen molar-refractivity contribution in [2.24, 2.45) is 0 Å². The largest absolute Gasteiger partial charge is 0.480 e. The van der Waals surface area contributed by atoms with E-state index in [1.807, 2.05) is 0 Å². The van der Waals surface area contributed by atoms with Gasteiger partial charge in [0.25, 0.3) is 0 Å². The highest BCUT2D eigenvalue weighted by atomic mass is 19.1. The molecule has 0 aliphatic carbocycles. The number of anilines is 1. The van der Waals surface area contributed by atoms with Gasteiger partial charge in [0.2, 0.25) is 0 Å². The number of fused-ring (bicyclic) bond motifs is 1. The van der Waals surface area contributed by atoms with Gasteiger partial charge in [-0.15, -0.1) is 0 Å². The third-order valence-corrected chi connectivity index (χ3v) is 2.97. The van der Waals surface area contributed by atoms with Crippen LogP contribution in [0.3, 0.4) is 0 Å². The molecule has 1 aliphatic heterocycles. The number of ether oxygens (including phenoxy) is 1. The number of rotatable bonds is 1. The molecule has 2 aromatic heterocycles. The van der Waals surface area contributed by atoms with Crippen LogP contribution in [0, 0.1) is 0 Å². The molecule has 2 aromatic rings. The van der Waals surface area contributed by atoms with Crippen LogP contribution in [-0.4, -0.2) is 42.6 Å². The fourth-order valence-corrected chi connectivity index (χ4v) is 2.00. The van der Waals surface area contributed by atoms with Gasteiger partial charge < -0.3 is 20.7 Å². The molecule has 0 saturated carbocycles. The quantitative estimate of drug-likeness (QED) is 0.550. The van der Waals surface area contributed by atoms with Gasteiger partial charge in [-0.05, 0) is 0 Å². The number of aliphatic hydroxyl groups excluding tert-OH is 2. The van der Waals surface area contributed by atoms with Gasteiger partial charge in [-0.25, -0.2) is 14.4 Å². The second-order valence-corrected chi connectivity index (χ2v) is 4.08. The monoisotopic (exact) mass is 267 g/mol. The van der Waals surface area contributed by atoms with Crippen molar-refractivity contribution >= 4 is 16.9 Å². The molecule has 3 heterocycles. The van der Waals surface area contributed by atoms with Crippen LogP contribution in [0.5, 0.6) is 0 Å². The van der Waals surface area contributed by atoms with Crippen LogP contribution < -0.4 is 5.73 Å². The number of nitrogen functional groups attached to an aromatic ring is 1. The Morgan fingerprint density at radius 3 is 2.89 bits per heavy atom. The minimum absolute atomic E-state index is 0.103. The standard InChI is InChI=1S/C10H10FN5O3/c11-1-3-7(17)8(18)9(19-3)5-4-6(16-15-5)10(12)14-2-13-4/h1-2,7-9,17-18H,(H,15,16)(H2,12,13,14)/b3-1-/t7-,8-,9+/m1/s1. The van der Waals surface area contributed by atoms with Gasteiger partial charge in [-0.1, -0.05) is 0 Å². The van der Waals surface area contributed by atoms with Gasteiger partial charge in [0.1, 0.15) is 41.6 Å². The Bertz CT molecular complexity index is 658. The number of aromatic nitrogens is 4. The van der Waals surface area contributed by atoms with E-state index >= 15 is 0 Å². The minimum Gasteiger partial charge on any atom is -0.480 e. The predicted octanol–water partition coefficient (Wildman–Crippen LogP) is -0.461. The van der Waals surface area contributed by atoms with Gasteiger partial charge >= 0.3 is 0 Å². The van der Waals surface area contributed by atoms with Gasteiger partial charge in [0.05, 0.1) is 0 Å². The summed E-state index contributed by atoms with van der Waals surface area (Å²) in [4.78, 5) is 7.77. The van der Waals surface area contributed by atoms with E-state index in [9.17, 15) is 14.6 Å². The number of nitrogens with two attached hydrogens (primary N) is 1. The molecule has 3 rings (SSSR count). The summed E-state index contributed by atoms with van der Waals surface area (Å²) in [5.41, 5.74) is 6.61. The molecule has 9 heteroatoms. The zero-order valence-corrected chi connectivity index (χ0v) is 9.49.